The Morgan fingerprint density at radius 3 is 2.59 bits per heavy atom. The third-order valence-electron chi connectivity index (χ3n) is 2.56. The predicted octanol–water partition coefficient (Wildman–Crippen LogP) is 1.93. The smallest absolute Gasteiger partial charge is 0.258 e. The summed E-state index contributed by atoms with van der Waals surface area (Å²) in [6.45, 7) is 5.72. The van der Waals surface area contributed by atoms with Crippen LogP contribution < -0.4 is 14.8 Å². The molecule has 22 heavy (non-hydrogen) atoms. The zero-order chi connectivity index (χ0) is 16.8. The summed E-state index contributed by atoms with van der Waals surface area (Å²) >= 11 is 6.01. The third-order valence-corrected chi connectivity index (χ3v) is 4.32. The first-order valence-corrected chi connectivity index (χ1v) is 8.83. The van der Waals surface area contributed by atoms with E-state index in [1.807, 2.05) is 20.8 Å². The molecule has 0 fully saturated rings. The van der Waals surface area contributed by atoms with Gasteiger partial charge in [0, 0.05) is 12.6 Å². The number of halogens is 1. The number of carbonyl (C=O) groups excluding carboxylic acids is 1. The molecule has 0 bridgehead atoms. The molecule has 0 heterocycles. The predicted molar refractivity (Wildman–Crippen MR) is 85.7 cm³/mol. The van der Waals surface area contributed by atoms with Gasteiger partial charge in [0.2, 0.25) is 10.0 Å². The van der Waals surface area contributed by atoms with Gasteiger partial charge in [0.05, 0.1) is 9.92 Å². The maximum atomic E-state index is 12.0. The van der Waals surface area contributed by atoms with Crippen molar-refractivity contribution in [1.29, 1.82) is 0 Å². The standard InChI is InChI=1S/C14H21ClN2O4S/c1-4-7-16-22(19,20)11-5-6-13(12(15)8-11)21-9-14(18)17-10(2)3/h5-6,8,10,16H,4,7,9H2,1-3H3,(H,17,18). The monoisotopic (exact) mass is 348 g/mol. The van der Waals surface area contributed by atoms with E-state index in [-0.39, 0.29) is 34.2 Å². The van der Waals surface area contributed by atoms with Crippen molar-refractivity contribution in [3.63, 3.8) is 0 Å². The third kappa shape index (κ3) is 5.82. The van der Waals surface area contributed by atoms with Crippen LogP contribution >= 0.6 is 11.6 Å². The maximum absolute atomic E-state index is 12.0. The Morgan fingerprint density at radius 2 is 2.05 bits per heavy atom. The van der Waals surface area contributed by atoms with Crippen molar-refractivity contribution < 1.29 is 17.9 Å². The van der Waals surface area contributed by atoms with Gasteiger partial charge in [-0.2, -0.15) is 0 Å². The second-order valence-electron chi connectivity index (χ2n) is 5.00. The van der Waals surface area contributed by atoms with Crippen molar-refractivity contribution in [2.45, 2.75) is 38.1 Å². The zero-order valence-electron chi connectivity index (χ0n) is 12.8. The van der Waals surface area contributed by atoms with E-state index in [4.69, 9.17) is 16.3 Å². The molecule has 0 unspecified atom stereocenters. The molecule has 0 aliphatic carbocycles. The highest BCUT2D eigenvalue weighted by Gasteiger charge is 2.16. The summed E-state index contributed by atoms with van der Waals surface area (Å²) in [6.07, 6.45) is 0.694. The first-order chi connectivity index (χ1) is 10.3. The molecule has 0 spiro atoms. The molecule has 0 atom stereocenters. The van der Waals surface area contributed by atoms with E-state index >= 15 is 0 Å². The van der Waals surface area contributed by atoms with E-state index in [2.05, 4.69) is 10.0 Å². The van der Waals surface area contributed by atoms with Crippen LogP contribution in [-0.4, -0.2) is 33.5 Å². The quantitative estimate of drug-likeness (QED) is 0.751. The minimum Gasteiger partial charge on any atom is -0.482 e. The maximum Gasteiger partial charge on any atom is 0.258 e. The molecule has 1 aromatic rings. The van der Waals surface area contributed by atoms with Gasteiger partial charge in [0.15, 0.2) is 6.61 Å². The largest absolute Gasteiger partial charge is 0.482 e. The Hall–Kier alpha value is -1.31. The highest BCUT2D eigenvalue weighted by atomic mass is 35.5. The molecule has 0 aliphatic rings. The van der Waals surface area contributed by atoms with Gasteiger partial charge in [-0.25, -0.2) is 13.1 Å². The van der Waals surface area contributed by atoms with Crippen molar-refractivity contribution in [3.05, 3.63) is 23.2 Å². The van der Waals surface area contributed by atoms with E-state index in [0.717, 1.165) is 0 Å². The van der Waals surface area contributed by atoms with E-state index in [9.17, 15) is 13.2 Å². The lowest BCUT2D eigenvalue weighted by Gasteiger charge is -2.12. The molecule has 1 amide bonds. The lowest BCUT2D eigenvalue weighted by Crippen LogP contribution is -2.34. The van der Waals surface area contributed by atoms with Crippen molar-refractivity contribution >= 4 is 27.5 Å². The average Bonchev–Trinajstić information content (AvgIpc) is 2.43. The van der Waals surface area contributed by atoms with Gasteiger partial charge in [-0.3, -0.25) is 4.79 Å². The van der Waals surface area contributed by atoms with Gasteiger partial charge in [-0.15, -0.1) is 0 Å². The normalized spacial score (nSPS) is 11.5. The number of sulfonamides is 1. The Morgan fingerprint density at radius 1 is 1.36 bits per heavy atom. The van der Waals surface area contributed by atoms with Crippen LogP contribution in [0.4, 0.5) is 0 Å². The summed E-state index contributed by atoms with van der Waals surface area (Å²) in [5.41, 5.74) is 0. The van der Waals surface area contributed by atoms with E-state index in [1.165, 1.54) is 18.2 Å². The minimum absolute atomic E-state index is 0.0173. The van der Waals surface area contributed by atoms with Crippen molar-refractivity contribution in [2.24, 2.45) is 0 Å². The van der Waals surface area contributed by atoms with E-state index in [0.29, 0.717) is 13.0 Å². The fourth-order valence-corrected chi connectivity index (χ4v) is 3.05. The van der Waals surface area contributed by atoms with E-state index in [1.54, 1.807) is 0 Å². The molecular weight excluding hydrogens is 328 g/mol. The summed E-state index contributed by atoms with van der Waals surface area (Å²) < 4.78 is 31.7. The van der Waals surface area contributed by atoms with Crippen molar-refractivity contribution in [1.82, 2.24) is 10.0 Å². The minimum atomic E-state index is -3.58. The molecular formula is C14H21ClN2O4S. The first-order valence-electron chi connectivity index (χ1n) is 6.97. The zero-order valence-corrected chi connectivity index (χ0v) is 14.4. The van der Waals surface area contributed by atoms with Crippen LogP contribution in [0.5, 0.6) is 5.75 Å². The van der Waals surface area contributed by atoms with Crippen LogP contribution in [-0.2, 0) is 14.8 Å². The Labute approximate surface area is 136 Å². The van der Waals surface area contributed by atoms with Gasteiger partial charge in [0.1, 0.15) is 5.75 Å². The second kappa shape index (κ2) is 8.36. The molecule has 0 saturated carbocycles. The molecule has 0 saturated heterocycles. The molecule has 8 heteroatoms. The molecule has 0 aromatic heterocycles. The second-order valence-corrected chi connectivity index (χ2v) is 7.18. The highest BCUT2D eigenvalue weighted by molar-refractivity contribution is 7.89. The molecule has 0 aliphatic heterocycles. The van der Waals surface area contributed by atoms with Crippen molar-refractivity contribution in [3.8, 4) is 5.75 Å². The SMILES string of the molecule is CCCNS(=O)(=O)c1ccc(OCC(=O)NC(C)C)c(Cl)c1. The van der Waals surface area contributed by atoms with Gasteiger partial charge in [0.25, 0.3) is 5.91 Å². The lowest BCUT2D eigenvalue weighted by molar-refractivity contribution is -0.123. The average molecular weight is 349 g/mol. The van der Waals surface area contributed by atoms with Crippen molar-refractivity contribution in [2.75, 3.05) is 13.2 Å². The summed E-state index contributed by atoms with van der Waals surface area (Å²) in [4.78, 5) is 11.6. The number of rotatable bonds is 8. The Kier molecular flexibility index (Phi) is 7.12. The van der Waals surface area contributed by atoms with Crippen LogP contribution in [0.2, 0.25) is 5.02 Å². The van der Waals surface area contributed by atoms with Crippen LogP contribution in [0.15, 0.2) is 23.1 Å². The molecule has 2 N–H and O–H groups in total. The van der Waals surface area contributed by atoms with Gasteiger partial charge in [-0.1, -0.05) is 18.5 Å². The van der Waals surface area contributed by atoms with Crippen LogP contribution in [0.1, 0.15) is 27.2 Å². The fraction of sp³-hybridized carbons (Fsp3) is 0.500. The van der Waals surface area contributed by atoms with Gasteiger partial charge >= 0.3 is 0 Å². The summed E-state index contributed by atoms with van der Waals surface area (Å²) in [5, 5.41) is 2.81. The number of hydrogen-bond acceptors (Lipinski definition) is 4. The summed E-state index contributed by atoms with van der Waals surface area (Å²) in [6, 6.07) is 4.14. The topological polar surface area (TPSA) is 84.5 Å². The summed E-state index contributed by atoms with van der Waals surface area (Å²) in [5.74, 6) is -0.0117. The molecule has 1 aromatic carbocycles. The number of carbonyl (C=O) groups is 1. The molecule has 0 radical (unpaired) electrons. The lowest BCUT2D eigenvalue weighted by atomic mass is 10.3. The first kappa shape index (κ1) is 18.7. The Balaban J connectivity index is 2.76. The van der Waals surface area contributed by atoms with Crippen LogP contribution in [0.25, 0.3) is 0 Å². The number of amides is 1. The molecule has 124 valence electrons. The number of benzene rings is 1. The number of nitrogens with one attached hydrogen (secondary N) is 2. The molecule has 6 nitrogen and oxygen atoms in total. The van der Waals surface area contributed by atoms with Crippen LogP contribution in [0, 0.1) is 0 Å². The van der Waals surface area contributed by atoms with Gasteiger partial charge in [-0.05, 0) is 38.5 Å². The number of ether oxygens (including phenoxy) is 1. The summed E-state index contributed by atoms with van der Waals surface area (Å²) in [7, 11) is -3.58. The Bertz CT molecular complexity index is 617. The number of hydrogen-bond donors (Lipinski definition) is 2. The highest BCUT2D eigenvalue weighted by Crippen LogP contribution is 2.27. The molecule has 1 rings (SSSR count). The fourth-order valence-electron chi connectivity index (χ4n) is 1.59. The van der Waals surface area contributed by atoms with Crippen LogP contribution in [0.3, 0.4) is 0 Å². The van der Waals surface area contributed by atoms with Gasteiger partial charge < -0.3 is 10.1 Å². The van der Waals surface area contributed by atoms with E-state index < -0.39 is 10.0 Å².